The molecule has 0 fully saturated rings. The van der Waals surface area contributed by atoms with E-state index in [0.717, 1.165) is 11.3 Å². The molecule has 2 N–H and O–H groups in total. The number of aromatic nitrogens is 3. The predicted octanol–water partition coefficient (Wildman–Crippen LogP) is 4.67. The van der Waals surface area contributed by atoms with Crippen LogP contribution in [0.1, 0.15) is 17.4 Å². The number of nitrogens with zero attached hydrogens (tertiary/aromatic N) is 5. The molecule has 0 saturated heterocycles. The molecule has 4 aromatic rings. The summed E-state index contributed by atoms with van der Waals surface area (Å²) in [5, 5.41) is 18.4. The molecule has 2 aliphatic rings. The van der Waals surface area contributed by atoms with Gasteiger partial charge in [-0.25, -0.2) is 8.78 Å². The van der Waals surface area contributed by atoms with Gasteiger partial charge in [0.1, 0.15) is 35.1 Å². The number of anilines is 1. The zero-order valence-corrected chi connectivity index (χ0v) is 20.0. The van der Waals surface area contributed by atoms with Crippen LogP contribution in [0.4, 0.5) is 13.8 Å². The van der Waals surface area contributed by atoms with Crippen LogP contribution in [0.25, 0.3) is 32.6 Å². The number of rotatable bonds is 2. The number of benzene rings is 2. The molecule has 1 amide bonds. The summed E-state index contributed by atoms with van der Waals surface area (Å²) in [5.41, 5.74) is 6.48. The van der Waals surface area contributed by atoms with E-state index in [2.05, 4.69) is 16.8 Å². The van der Waals surface area contributed by atoms with E-state index in [1.807, 2.05) is 10.6 Å². The minimum atomic E-state index is -0.709. The largest absolute Gasteiger partial charge is 0.489 e. The Hall–Kier alpha value is -4.01. The van der Waals surface area contributed by atoms with Gasteiger partial charge >= 0.3 is 0 Å². The second-order valence-corrected chi connectivity index (χ2v) is 9.80. The number of fused-ring (bicyclic) bond motifs is 3. The SMILES string of the molecule is C=CC(=O)N1Cc2nnc3n2[C@@H](COc2c-3cc(F)c(-c3ccc(F)c4sc(N)c(C#N)c34)c2Cl)C1. The molecular weight excluding hydrogens is 510 g/mol. The molecule has 2 aliphatic heterocycles. The zero-order chi connectivity index (χ0) is 25.3. The topological polar surface area (TPSA) is 110 Å². The van der Waals surface area contributed by atoms with Gasteiger partial charge in [-0.3, -0.25) is 4.79 Å². The van der Waals surface area contributed by atoms with Gasteiger partial charge in [-0.05, 0) is 23.8 Å². The predicted molar refractivity (Wildman–Crippen MR) is 130 cm³/mol. The van der Waals surface area contributed by atoms with Crippen molar-refractivity contribution < 1.29 is 18.3 Å². The maximum absolute atomic E-state index is 15.8. The molecule has 0 spiro atoms. The molecule has 36 heavy (non-hydrogen) atoms. The number of carbonyl (C=O) groups is 1. The van der Waals surface area contributed by atoms with Gasteiger partial charge in [0.05, 0.1) is 33.4 Å². The minimum absolute atomic E-state index is 0.0437. The molecule has 8 nitrogen and oxygen atoms in total. The van der Waals surface area contributed by atoms with Crippen molar-refractivity contribution in [1.29, 1.82) is 5.26 Å². The van der Waals surface area contributed by atoms with Crippen LogP contribution in [0.3, 0.4) is 0 Å². The van der Waals surface area contributed by atoms with E-state index in [9.17, 15) is 14.4 Å². The molecule has 4 heterocycles. The first-order valence-electron chi connectivity index (χ1n) is 10.7. The van der Waals surface area contributed by atoms with Gasteiger partial charge in [0.15, 0.2) is 11.6 Å². The first kappa shape index (κ1) is 22.5. The normalized spacial score (nSPS) is 16.1. The molecule has 6 rings (SSSR count). The van der Waals surface area contributed by atoms with Gasteiger partial charge in [-0.15, -0.1) is 21.5 Å². The molecule has 2 aromatic heterocycles. The standard InChI is InChI=1S/C24H15ClF2N6O2S/c1-2-17(34)32-7-10-9-35-21-12(24-31-30-16(8-32)33(10)24)5-15(27)19(20(21)25)11-3-4-14(26)22-18(11)13(6-28)23(29)36-22/h2-5,10H,1,7-9,29H2/t10-/m1/s1. The first-order valence-corrected chi connectivity index (χ1v) is 11.9. The van der Waals surface area contributed by atoms with Gasteiger partial charge in [0, 0.05) is 17.5 Å². The summed E-state index contributed by atoms with van der Waals surface area (Å²) >= 11 is 7.67. The number of hydrogen-bond acceptors (Lipinski definition) is 7. The summed E-state index contributed by atoms with van der Waals surface area (Å²) in [6.07, 6.45) is 1.23. The molecule has 0 radical (unpaired) electrons. The van der Waals surface area contributed by atoms with E-state index in [0.29, 0.717) is 23.8 Å². The average Bonchev–Trinajstić information content (AvgIpc) is 3.40. The van der Waals surface area contributed by atoms with Crippen LogP contribution in [0.15, 0.2) is 30.9 Å². The molecule has 0 saturated carbocycles. The fourth-order valence-corrected chi connectivity index (χ4v) is 6.14. The lowest BCUT2D eigenvalue weighted by Crippen LogP contribution is -2.42. The highest BCUT2D eigenvalue weighted by Gasteiger charge is 2.36. The van der Waals surface area contributed by atoms with Crippen molar-refractivity contribution in [2.24, 2.45) is 0 Å². The van der Waals surface area contributed by atoms with E-state index in [-0.39, 0.29) is 67.7 Å². The second kappa shape index (κ2) is 8.01. The smallest absolute Gasteiger partial charge is 0.246 e. The van der Waals surface area contributed by atoms with E-state index >= 15 is 4.39 Å². The fraction of sp³-hybridized carbons (Fsp3) is 0.167. The molecular formula is C24H15ClF2N6O2S. The highest BCUT2D eigenvalue weighted by atomic mass is 35.5. The van der Waals surface area contributed by atoms with Crippen molar-refractivity contribution in [1.82, 2.24) is 19.7 Å². The Morgan fingerprint density at radius 1 is 1.33 bits per heavy atom. The lowest BCUT2D eigenvalue weighted by Gasteiger charge is -2.32. The maximum Gasteiger partial charge on any atom is 0.246 e. The molecule has 1 atom stereocenters. The summed E-state index contributed by atoms with van der Waals surface area (Å²) in [4.78, 5) is 13.8. The van der Waals surface area contributed by atoms with Crippen LogP contribution in [0.5, 0.6) is 5.75 Å². The Kier molecular flexibility index (Phi) is 5.00. The Morgan fingerprint density at radius 2 is 2.14 bits per heavy atom. The van der Waals surface area contributed by atoms with Crippen molar-refractivity contribution in [2.75, 3.05) is 18.9 Å². The Morgan fingerprint density at radius 3 is 2.89 bits per heavy atom. The number of nitriles is 1. The number of ether oxygens (including phenoxy) is 1. The van der Waals surface area contributed by atoms with Crippen molar-refractivity contribution in [2.45, 2.75) is 12.6 Å². The zero-order valence-electron chi connectivity index (χ0n) is 18.4. The van der Waals surface area contributed by atoms with Crippen molar-refractivity contribution >= 4 is 43.9 Å². The number of nitrogen functional groups attached to an aromatic ring is 1. The summed E-state index contributed by atoms with van der Waals surface area (Å²) in [6, 6.07) is 5.44. The third-order valence-electron chi connectivity index (χ3n) is 6.41. The van der Waals surface area contributed by atoms with Crippen LogP contribution in [-0.4, -0.2) is 38.7 Å². The van der Waals surface area contributed by atoms with Crippen LogP contribution in [0.2, 0.25) is 5.02 Å². The van der Waals surface area contributed by atoms with Gasteiger partial charge in [0.2, 0.25) is 5.91 Å². The summed E-state index contributed by atoms with van der Waals surface area (Å²) < 4.78 is 38.4. The molecule has 2 aromatic carbocycles. The molecule has 0 aliphatic carbocycles. The number of nitrogens with two attached hydrogens (primary N) is 1. The fourth-order valence-electron chi connectivity index (χ4n) is 4.84. The van der Waals surface area contributed by atoms with Gasteiger partial charge in [0.25, 0.3) is 0 Å². The molecule has 0 unspecified atom stereocenters. The highest BCUT2D eigenvalue weighted by Crippen LogP contribution is 2.49. The summed E-state index contributed by atoms with van der Waals surface area (Å²) in [7, 11) is 0. The Labute approximate surface area is 211 Å². The number of thiophene rings is 1. The number of amides is 1. The third kappa shape index (κ3) is 3.04. The van der Waals surface area contributed by atoms with Crippen molar-refractivity contribution in [3.05, 3.63) is 58.9 Å². The average molecular weight is 525 g/mol. The highest BCUT2D eigenvalue weighted by molar-refractivity contribution is 7.23. The minimum Gasteiger partial charge on any atom is -0.489 e. The van der Waals surface area contributed by atoms with Crippen molar-refractivity contribution in [3.63, 3.8) is 0 Å². The van der Waals surface area contributed by atoms with E-state index in [1.54, 1.807) is 4.90 Å². The number of carbonyl (C=O) groups excluding carboxylic acids is 1. The van der Waals surface area contributed by atoms with Crippen LogP contribution in [-0.2, 0) is 11.3 Å². The van der Waals surface area contributed by atoms with E-state index in [1.165, 1.54) is 24.3 Å². The van der Waals surface area contributed by atoms with E-state index in [4.69, 9.17) is 22.1 Å². The molecule has 12 heteroatoms. The van der Waals surface area contributed by atoms with Crippen molar-refractivity contribution in [3.8, 4) is 34.3 Å². The summed E-state index contributed by atoms with van der Waals surface area (Å²) in [5.74, 6) is -0.460. The Balaban J connectivity index is 1.55. The Bertz CT molecular complexity index is 1670. The molecule has 180 valence electrons. The molecule has 0 bridgehead atoms. The van der Waals surface area contributed by atoms with Gasteiger partial charge in [-0.2, -0.15) is 5.26 Å². The van der Waals surface area contributed by atoms with Crippen LogP contribution in [0, 0.1) is 23.0 Å². The quantitative estimate of drug-likeness (QED) is 0.381. The lowest BCUT2D eigenvalue weighted by molar-refractivity contribution is -0.128. The number of halogens is 3. The maximum atomic E-state index is 15.8. The van der Waals surface area contributed by atoms with Gasteiger partial charge < -0.3 is 19.9 Å². The lowest BCUT2D eigenvalue weighted by atomic mass is 9.96. The third-order valence-corrected chi connectivity index (χ3v) is 7.80. The number of hydrogen-bond donors (Lipinski definition) is 1. The summed E-state index contributed by atoms with van der Waals surface area (Å²) in [6.45, 7) is 4.20. The van der Waals surface area contributed by atoms with Crippen LogP contribution >= 0.6 is 22.9 Å². The van der Waals surface area contributed by atoms with E-state index < -0.39 is 11.6 Å². The monoisotopic (exact) mass is 524 g/mol. The first-order chi connectivity index (χ1) is 17.3. The van der Waals surface area contributed by atoms with Crippen LogP contribution < -0.4 is 10.5 Å². The second-order valence-electron chi connectivity index (χ2n) is 8.37. The van der Waals surface area contributed by atoms with Gasteiger partial charge in [-0.1, -0.05) is 24.2 Å².